The van der Waals surface area contributed by atoms with Gasteiger partial charge < -0.3 is 10.6 Å². The van der Waals surface area contributed by atoms with Crippen molar-refractivity contribution in [1.82, 2.24) is 0 Å². The third kappa shape index (κ3) is 3.63. The van der Waals surface area contributed by atoms with Crippen molar-refractivity contribution in [2.45, 2.75) is 19.4 Å². The number of halogens is 1. The van der Waals surface area contributed by atoms with Crippen molar-refractivity contribution in [2.75, 3.05) is 29.5 Å². The second-order valence-electron chi connectivity index (χ2n) is 4.56. The predicted octanol–water partition coefficient (Wildman–Crippen LogP) is 2.89. The number of nitrogens with zero attached hydrogens (tertiary/aromatic N) is 1. The molecule has 1 saturated heterocycles. The number of thioether (sulfide) groups is 1. The van der Waals surface area contributed by atoms with Crippen LogP contribution in [0.5, 0.6) is 0 Å². The van der Waals surface area contributed by atoms with Crippen molar-refractivity contribution in [2.24, 2.45) is 5.73 Å². The average molecular weight is 315 g/mol. The molecule has 1 unspecified atom stereocenters. The van der Waals surface area contributed by atoms with Crippen LogP contribution in [0.25, 0.3) is 0 Å². The fourth-order valence-electron chi connectivity index (χ4n) is 2.07. The van der Waals surface area contributed by atoms with Crippen LogP contribution in [0, 0.1) is 0 Å². The zero-order chi connectivity index (χ0) is 12.3. The number of anilines is 1. The maximum Gasteiger partial charge on any atom is 0.0378 e. The molecule has 17 heavy (non-hydrogen) atoms. The molecule has 2 rings (SSSR count). The Morgan fingerprint density at radius 2 is 2.12 bits per heavy atom. The van der Waals surface area contributed by atoms with E-state index >= 15 is 0 Å². The van der Waals surface area contributed by atoms with Crippen LogP contribution in [0.2, 0.25) is 0 Å². The van der Waals surface area contributed by atoms with Gasteiger partial charge in [0.15, 0.2) is 0 Å². The second-order valence-corrected chi connectivity index (χ2v) is 6.64. The van der Waals surface area contributed by atoms with E-state index in [0.717, 1.165) is 19.5 Å². The lowest BCUT2D eigenvalue weighted by Crippen LogP contribution is -2.32. The Labute approximate surface area is 116 Å². The summed E-state index contributed by atoms with van der Waals surface area (Å²) in [6, 6.07) is 6.86. The molecule has 1 aliphatic rings. The van der Waals surface area contributed by atoms with Crippen LogP contribution < -0.4 is 10.6 Å². The highest BCUT2D eigenvalue weighted by Gasteiger charge is 2.12. The summed E-state index contributed by atoms with van der Waals surface area (Å²) < 4.78 is 1.19. The summed E-state index contributed by atoms with van der Waals surface area (Å²) in [4.78, 5) is 2.46. The molecule has 1 aliphatic heterocycles. The summed E-state index contributed by atoms with van der Waals surface area (Å²) in [5.41, 5.74) is 8.47. The minimum absolute atomic E-state index is 0.212. The minimum Gasteiger partial charge on any atom is -0.370 e. The fourth-order valence-corrected chi connectivity index (χ4v) is 3.50. The van der Waals surface area contributed by atoms with E-state index in [1.807, 2.05) is 18.7 Å². The summed E-state index contributed by atoms with van der Waals surface area (Å²) in [6.07, 6.45) is 0.927. The summed E-state index contributed by atoms with van der Waals surface area (Å²) in [6.45, 7) is 4.36. The number of rotatable bonds is 3. The molecule has 1 aromatic rings. The highest BCUT2D eigenvalue weighted by atomic mass is 79.9. The number of benzene rings is 1. The summed E-state index contributed by atoms with van der Waals surface area (Å²) >= 11 is 5.69. The van der Waals surface area contributed by atoms with Crippen LogP contribution in [0.3, 0.4) is 0 Å². The topological polar surface area (TPSA) is 29.3 Å². The third-order valence-electron chi connectivity index (χ3n) is 2.95. The summed E-state index contributed by atoms with van der Waals surface area (Å²) in [5, 5.41) is 0. The molecule has 0 aromatic heterocycles. The van der Waals surface area contributed by atoms with Crippen LogP contribution in [0.1, 0.15) is 12.5 Å². The zero-order valence-corrected chi connectivity index (χ0v) is 12.6. The second kappa shape index (κ2) is 6.12. The van der Waals surface area contributed by atoms with Gasteiger partial charge in [0.1, 0.15) is 0 Å². The number of hydrogen-bond donors (Lipinski definition) is 1. The summed E-state index contributed by atoms with van der Waals surface area (Å²) in [5.74, 6) is 2.47. The minimum atomic E-state index is 0.212. The van der Waals surface area contributed by atoms with E-state index < -0.39 is 0 Å². The lowest BCUT2D eigenvalue weighted by atomic mass is 10.1. The van der Waals surface area contributed by atoms with Crippen LogP contribution in [-0.2, 0) is 6.42 Å². The monoisotopic (exact) mass is 314 g/mol. The molecule has 0 saturated carbocycles. The Kier molecular flexibility index (Phi) is 4.77. The van der Waals surface area contributed by atoms with Crippen LogP contribution in [0.4, 0.5) is 5.69 Å². The molecule has 94 valence electrons. The van der Waals surface area contributed by atoms with E-state index in [4.69, 9.17) is 5.73 Å². The molecule has 0 spiro atoms. The van der Waals surface area contributed by atoms with Gasteiger partial charge in [-0.25, -0.2) is 0 Å². The van der Waals surface area contributed by atoms with Crippen molar-refractivity contribution in [3.63, 3.8) is 0 Å². The zero-order valence-electron chi connectivity index (χ0n) is 10.2. The molecule has 2 N–H and O–H groups in total. The molecule has 1 heterocycles. The largest absolute Gasteiger partial charge is 0.370 e. The van der Waals surface area contributed by atoms with Gasteiger partial charge in [0.05, 0.1) is 0 Å². The van der Waals surface area contributed by atoms with Gasteiger partial charge in [-0.3, -0.25) is 0 Å². The van der Waals surface area contributed by atoms with Crippen LogP contribution >= 0.6 is 27.7 Å². The molecular weight excluding hydrogens is 296 g/mol. The van der Waals surface area contributed by atoms with E-state index in [9.17, 15) is 0 Å². The SMILES string of the molecule is CC(N)Cc1ccc(N2CCSCC2)cc1Br. The molecule has 0 bridgehead atoms. The molecule has 1 aromatic carbocycles. The lowest BCUT2D eigenvalue weighted by molar-refractivity contribution is 0.735. The Bertz CT molecular complexity index is 376. The van der Waals surface area contributed by atoms with Gasteiger partial charge in [-0.15, -0.1) is 0 Å². The number of nitrogens with two attached hydrogens (primary N) is 1. The molecule has 0 amide bonds. The van der Waals surface area contributed by atoms with E-state index in [0.29, 0.717) is 0 Å². The first-order valence-corrected chi connectivity index (χ1v) is 7.98. The van der Waals surface area contributed by atoms with Gasteiger partial charge in [-0.05, 0) is 31.0 Å². The Hall–Kier alpha value is -0.190. The van der Waals surface area contributed by atoms with Gasteiger partial charge >= 0.3 is 0 Å². The quantitative estimate of drug-likeness (QED) is 0.930. The predicted molar refractivity (Wildman–Crippen MR) is 81.0 cm³/mol. The van der Waals surface area contributed by atoms with Gasteiger partial charge in [0, 0.05) is 40.8 Å². The summed E-state index contributed by atoms with van der Waals surface area (Å²) in [7, 11) is 0. The van der Waals surface area contributed by atoms with Crippen molar-refractivity contribution in [3.05, 3.63) is 28.2 Å². The van der Waals surface area contributed by atoms with E-state index in [-0.39, 0.29) is 6.04 Å². The van der Waals surface area contributed by atoms with Gasteiger partial charge in [-0.2, -0.15) is 11.8 Å². The molecule has 1 fully saturated rings. The van der Waals surface area contributed by atoms with Crippen molar-refractivity contribution < 1.29 is 0 Å². The van der Waals surface area contributed by atoms with Crippen LogP contribution in [0.15, 0.2) is 22.7 Å². The van der Waals surface area contributed by atoms with E-state index in [1.54, 1.807) is 0 Å². The molecule has 2 nitrogen and oxygen atoms in total. The van der Waals surface area contributed by atoms with E-state index in [1.165, 1.54) is 27.2 Å². The Morgan fingerprint density at radius 1 is 1.41 bits per heavy atom. The first-order valence-electron chi connectivity index (χ1n) is 6.03. The normalized spacial score (nSPS) is 18.2. The van der Waals surface area contributed by atoms with Crippen molar-refractivity contribution >= 4 is 33.4 Å². The first kappa shape index (κ1) is 13.2. The molecule has 0 radical (unpaired) electrons. The lowest BCUT2D eigenvalue weighted by Gasteiger charge is -2.29. The molecule has 1 atom stereocenters. The Morgan fingerprint density at radius 3 is 2.71 bits per heavy atom. The van der Waals surface area contributed by atoms with Crippen LogP contribution in [-0.4, -0.2) is 30.6 Å². The molecule has 4 heteroatoms. The smallest absolute Gasteiger partial charge is 0.0378 e. The highest BCUT2D eigenvalue weighted by Crippen LogP contribution is 2.26. The van der Waals surface area contributed by atoms with Gasteiger partial charge in [0.25, 0.3) is 0 Å². The third-order valence-corrected chi connectivity index (χ3v) is 4.64. The molecular formula is C13H19BrN2S. The van der Waals surface area contributed by atoms with E-state index in [2.05, 4.69) is 39.0 Å². The van der Waals surface area contributed by atoms with Crippen molar-refractivity contribution in [1.29, 1.82) is 0 Å². The maximum absolute atomic E-state index is 5.84. The molecule has 0 aliphatic carbocycles. The first-order chi connectivity index (χ1) is 8.16. The highest BCUT2D eigenvalue weighted by molar-refractivity contribution is 9.10. The van der Waals surface area contributed by atoms with Gasteiger partial charge in [0.2, 0.25) is 0 Å². The fraction of sp³-hybridized carbons (Fsp3) is 0.538. The average Bonchev–Trinajstić information content (AvgIpc) is 2.32. The Balaban J connectivity index is 2.12. The van der Waals surface area contributed by atoms with Crippen molar-refractivity contribution in [3.8, 4) is 0 Å². The standard InChI is InChI=1S/C13H19BrN2S/c1-10(15)8-11-2-3-12(9-13(11)14)16-4-6-17-7-5-16/h2-3,9-10H,4-8,15H2,1H3. The number of hydrogen-bond acceptors (Lipinski definition) is 3. The maximum atomic E-state index is 5.84. The van der Waals surface area contributed by atoms with Gasteiger partial charge in [-0.1, -0.05) is 22.0 Å².